The average molecular weight is 325 g/mol. The van der Waals surface area contributed by atoms with Gasteiger partial charge in [-0.2, -0.15) is 8.42 Å². The quantitative estimate of drug-likeness (QED) is 0.885. The van der Waals surface area contributed by atoms with Crippen molar-refractivity contribution in [1.82, 2.24) is 14.3 Å². The first kappa shape index (κ1) is 13.8. The molecule has 2 aromatic heterocycles. The lowest BCUT2D eigenvalue weighted by atomic mass is 10.2. The van der Waals surface area contributed by atoms with Gasteiger partial charge >= 0.3 is 0 Å². The molecule has 2 aromatic rings. The molecule has 0 unspecified atom stereocenters. The summed E-state index contributed by atoms with van der Waals surface area (Å²) in [5, 5.41) is -0.0221. The smallest absolute Gasteiger partial charge is 0.285 e. The summed E-state index contributed by atoms with van der Waals surface area (Å²) in [6.07, 6.45) is 1.32. The highest BCUT2D eigenvalue weighted by Gasteiger charge is 2.42. The summed E-state index contributed by atoms with van der Waals surface area (Å²) in [5.74, 6) is -0.465. The molecule has 2 N–H and O–H groups in total. The van der Waals surface area contributed by atoms with E-state index in [4.69, 9.17) is 17.3 Å². The Bertz CT molecular complexity index is 853. The Balaban J connectivity index is 2.05. The standard InChI is InChI=1S/C12H9ClN4O3S/c13-8-3-4-10(14)16-9(8)6-17-12(18)7-2-1-5-15-11(7)21(17,19)20/h1-5H,6H2,(H2,14,16). The van der Waals surface area contributed by atoms with Crippen molar-refractivity contribution in [2.75, 3.05) is 5.73 Å². The molecule has 9 heteroatoms. The van der Waals surface area contributed by atoms with E-state index in [1.807, 2.05) is 0 Å². The van der Waals surface area contributed by atoms with Gasteiger partial charge in [-0.25, -0.2) is 14.3 Å². The van der Waals surface area contributed by atoms with E-state index >= 15 is 0 Å². The van der Waals surface area contributed by atoms with Gasteiger partial charge in [0.15, 0.2) is 5.03 Å². The molecule has 0 radical (unpaired) electrons. The van der Waals surface area contributed by atoms with Gasteiger partial charge in [0, 0.05) is 6.20 Å². The normalized spacial score (nSPS) is 16.0. The lowest BCUT2D eigenvalue weighted by molar-refractivity contribution is 0.0864. The number of nitrogens with two attached hydrogens (primary N) is 1. The summed E-state index contributed by atoms with van der Waals surface area (Å²) in [6, 6.07) is 5.90. The minimum Gasteiger partial charge on any atom is -0.384 e. The number of halogens is 1. The molecule has 0 bridgehead atoms. The SMILES string of the molecule is Nc1ccc(Cl)c(CN2C(=O)c3cccnc3S2(=O)=O)n1. The highest BCUT2D eigenvalue weighted by atomic mass is 35.5. The molecule has 1 aliphatic heterocycles. The van der Waals surface area contributed by atoms with Crippen LogP contribution < -0.4 is 5.73 Å². The van der Waals surface area contributed by atoms with E-state index in [1.54, 1.807) is 0 Å². The van der Waals surface area contributed by atoms with Crippen LogP contribution >= 0.6 is 11.6 Å². The van der Waals surface area contributed by atoms with Crippen LogP contribution in [0.5, 0.6) is 0 Å². The van der Waals surface area contributed by atoms with Crippen LogP contribution in [0.25, 0.3) is 0 Å². The first-order valence-corrected chi connectivity index (χ1v) is 7.66. The maximum absolute atomic E-state index is 12.3. The van der Waals surface area contributed by atoms with Crippen molar-refractivity contribution >= 4 is 33.3 Å². The van der Waals surface area contributed by atoms with Crippen LogP contribution in [0.3, 0.4) is 0 Å². The Labute approximate surface area is 125 Å². The summed E-state index contributed by atoms with van der Waals surface area (Å²) in [5.41, 5.74) is 5.80. The van der Waals surface area contributed by atoms with Crippen molar-refractivity contribution in [3.63, 3.8) is 0 Å². The maximum Gasteiger partial charge on any atom is 0.285 e. The van der Waals surface area contributed by atoms with Crippen LogP contribution in [0, 0.1) is 0 Å². The van der Waals surface area contributed by atoms with Crippen LogP contribution in [0.15, 0.2) is 35.5 Å². The molecule has 0 aliphatic carbocycles. The number of pyridine rings is 2. The largest absolute Gasteiger partial charge is 0.384 e. The Morgan fingerprint density at radius 3 is 2.76 bits per heavy atom. The number of rotatable bonds is 2. The fraction of sp³-hybridized carbons (Fsp3) is 0.0833. The number of hydrogen-bond acceptors (Lipinski definition) is 6. The first-order chi connectivity index (χ1) is 9.91. The van der Waals surface area contributed by atoms with Gasteiger partial charge in [-0.1, -0.05) is 11.6 Å². The molecule has 0 fully saturated rings. The number of nitrogens with zero attached hydrogens (tertiary/aromatic N) is 3. The van der Waals surface area contributed by atoms with E-state index in [1.165, 1.54) is 30.5 Å². The van der Waals surface area contributed by atoms with Gasteiger partial charge in [0.05, 0.1) is 22.8 Å². The number of aromatic nitrogens is 2. The van der Waals surface area contributed by atoms with Gasteiger partial charge in [0.25, 0.3) is 15.9 Å². The highest BCUT2D eigenvalue weighted by molar-refractivity contribution is 7.90. The molecule has 0 aromatic carbocycles. The number of fused-ring (bicyclic) bond motifs is 1. The van der Waals surface area contributed by atoms with Crippen LogP contribution in [-0.2, 0) is 16.6 Å². The second-order valence-electron chi connectivity index (χ2n) is 4.34. The summed E-state index contributed by atoms with van der Waals surface area (Å²) in [7, 11) is -3.99. The predicted molar refractivity (Wildman–Crippen MR) is 75.0 cm³/mol. The van der Waals surface area contributed by atoms with E-state index in [0.717, 1.165) is 0 Å². The van der Waals surface area contributed by atoms with Crippen molar-refractivity contribution in [2.45, 2.75) is 11.6 Å². The van der Waals surface area contributed by atoms with E-state index < -0.39 is 15.9 Å². The minimum absolute atomic E-state index is 0.0394. The molecule has 0 saturated carbocycles. The third kappa shape index (κ3) is 2.12. The second kappa shape index (κ2) is 4.68. The molecule has 108 valence electrons. The third-order valence-electron chi connectivity index (χ3n) is 3.00. The van der Waals surface area contributed by atoms with Crippen molar-refractivity contribution < 1.29 is 13.2 Å². The lowest BCUT2D eigenvalue weighted by Crippen LogP contribution is -2.30. The molecular weight excluding hydrogens is 316 g/mol. The van der Waals surface area contributed by atoms with Crippen molar-refractivity contribution in [2.24, 2.45) is 0 Å². The number of nitrogen functional groups attached to an aromatic ring is 1. The number of hydrogen-bond donors (Lipinski definition) is 1. The summed E-state index contributed by atoms with van der Waals surface area (Å²) >= 11 is 5.96. The van der Waals surface area contributed by atoms with Gasteiger partial charge in [-0.15, -0.1) is 0 Å². The fourth-order valence-electron chi connectivity index (χ4n) is 2.01. The first-order valence-electron chi connectivity index (χ1n) is 5.84. The highest BCUT2D eigenvalue weighted by Crippen LogP contribution is 2.30. The number of carbonyl (C=O) groups is 1. The number of anilines is 1. The van der Waals surface area contributed by atoms with Crippen molar-refractivity contribution in [1.29, 1.82) is 0 Å². The Kier molecular flexibility index (Phi) is 3.07. The van der Waals surface area contributed by atoms with Crippen LogP contribution in [0.1, 0.15) is 16.1 Å². The van der Waals surface area contributed by atoms with Gasteiger partial charge in [-0.3, -0.25) is 4.79 Å². The van der Waals surface area contributed by atoms with Gasteiger partial charge in [0.2, 0.25) is 0 Å². The second-order valence-corrected chi connectivity index (χ2v) is 6.52. The zero-order valence-corrected chi connectivity index (χ0v) is 12.1. The van der Waals surface area contributed by atoms with Gasteiger partial charge in [0.1, 0.15) is 5.82 Å². The lowest BCUT2D eigenvalue weighted by Gasteiger charge is -2.15. The molecule has 1 amide bonds. The topological polar surface area (TPSA) is 106 Å². The molecule has 0 saturated heterocycles. The Morgan fingerprint density at radius 2 is 2.05 bits per heavy atom. The van der Waals surface area contributed by atoms with Crippen LogP contribution in [0.2, 0.25) is 5.02 Å². The number of sulfonamides is 1. The van der Waals surface area contributed by atoms with Gasteiger partial charge in [-0.05, 0) is 24.3 Å². The van der Waals surface area contributed by atoms with E-state index in [0.29, 0.717) is 4.31 Å². The Morgan fingerprint density at radius 1 is 1.29 bits per heavy atom. The maximum atomic E-state index is 12.3. The molecule has 7 nitrogen and oxygen atoms in total. The summed E-state index contributed by atoms with van der Waals surface area (Å²) in [6.45, 7) is -0.290. The summed E-state index contributed by atoms with van der Waals surface area (Å²) < 4.78 is 25.4. The molecule has 0 spiro atoms. The molecule has 3 rings (SSSR count). The van der Waals surface area contributed by atoms with Crippen molar-refractivity contribution in [3.8, 4) is 0 Å². The zero-order valence-electron chi connectivity index (χ0n) is 10.5. The summed E-state index contributed by atoms with van der Waals surface area (Å²) in [4.78, 5) is 19.9. The van der Waals surface area contributed by atoms with Crippen LogP contribution in [0.4, 0.5) is 5.82 Å². The van der Waals surface area contributed by atoms with Gasteiger partial charge < -0.3 is 5.73 Å². The molecular formula is C12H9ClN4O3S. The average Bonchev–Trinajstić information content (AvgIpc) is 2.64. The predicted octanol–water partition coefficient (Wildman–Crippen LogP) is 1.06. The van der Waals surface area contributed by atoms with E-state index in [-0.39, 0.29) is 33.7 Å². The fourth-order valence-corrected chi connectivity index (χ4v) is 3.62. The molecule has 1 aliphatic rings. The van der Waals surface area contributed by atoms with Crippen LogP contribution in [-0.4, -0.2) is 28.6 Å². The van der Waals surface area contributed by atoms with Crippen molar-refractivity contribution in [3.05, 3.63) is 46.7 Å². The number of amides is 1. The monoisotopic (exact) mass is 324 g/mol. The van der Waals surface area contributed by atoms with E-state index in [9.17, 15) is 13.2 Å². The van der Waals surface area contributed by atoms with E-state index in [2.05, 4.69) is 9.97 Å². The minimum atomic E-state index is -3.99. The Hall–Kier alpha value is -2.19. The molecule has 21 heavy (non-hydrogen) atoms. The molecule has 0 atom stereocenters. The third-order valence-corrected chi connectivity index (χ3v) is 5.03. The number of carbonyl (C=O) groups excluding carboxylic acids is 1. The zero-order chi connectivity index (χ0) is 15.2. The molecule has 3 heterocycles.